The van der Waals surface area contributed by atoms with Crippen LogP contribution in [-0.4, -0.2) is 135 Å². The lowest BCUT2D eigenvalue weighted by atomic mass is 10.1. The number of aldehydes is 1. The molecular formula is C46H58N12O6. The van der Waals surface area contributed by atoms with Gasteiger partial charge in [0.05, 0.1) is 18.5 Å². The van der Waals surface area contributed by atoms with Crippen molar-refractivity contribution >= 4 is 49.5 Å². The van der Waals surface area contributed by atoms with Crippen molar-refractivity contribution in [2.75, 3.05) is 54.6 Å². The lowest BCUT2D eigenvalue weighted by Crippen LogP contribution is -2.47. The molecule has 4 atom stereocenters. The molecule has 2 aliphatic heterocycles. The molecule has 3 amide bonds. The lowest BCUT2D eigenvalue weighted by Gasteiger charge is -2.30. The minimum atomic E-state index is -0.868. The summed E-state index contributed by atoms with van der Waals surface area (Å²) in [7, 11) is 6.67. The predicted molar refractivity (Wildman–Crippen MR) is 247 cm³/mol. The number of likely N-dealkylation sites (tertiary alicyclic amines) is 2. The van der Waals surface area contributed by atoms with Gasteiger partial charge in [-0.2, -0.15) is 0 Å². The molecule has 0 unspecified atom stereocenters. The number of hydrogen-bond donors (Lipinski definition) is 4. The fourth-order valence-electron chi connectivity index (χ4n) is 7.05. The Balaban J connectivity index is 0.000000509. The summed E-state index contributed by atoms with van der Waals surface area (Å²) in [6.07, 6.45) is 14.6. The summed E-state index contributed by atoms with van der Waals surface area (Å²) in [5, 5.41) is 12.0. The molecule has 64 heavy (non-hydrogen) atoms. The van der Waals surface area contributed by atoms with Gasteiger partial charge in [-0.1, -0.05) is 60.7 Å². The Bertz CT molecular complexity index is 2140. The minimum absolute atomic E-state index is 0.123. The maximum Gasteiger partial charge on any atom is 0.407 e. The van der Waals surface area contributed by atoms with Gasteiger partial charge in [-0.3, -0.25) is 19.6 Å². The van der Waals surface area contributed by atoms with Crippen LogP contribution in [0.2, 0.25) is 0 Å². The summed E-state index contributed by atoms with van der Waals surface area (Å²) in [5.74, 6) is 0.546. The summed E-state index contributed by atoms with van der Waals surface area (Å²) in [4.78, 5) is 76.5. The van der Waals surface area contributed by atoms with Crippen molar-refractivity contribution in [3.05, 3.63) is 120 Å². The summed E-state index contributed by atoms with van der Waals surface area (Å²) in [5.41, 5.74) is 4.39. The number of methoxy groups -OCH3 is 2. The van der Waals surface area contributed by atoms with Crippen LogP contribution in [0.5, 0.6) is 0 Å². The number of ether oxygens (including phenoxy) is 2. The Labute approximate surface area is 374 Å². The average Bonchev–Trinajstić information content (AvgIpc) is 3.99. The van der Waals surface area contributed by atoms with E-state index in [1.807, 2.05) is 48.5 Å². The zero-order valence-corrected chi connectivity index (χ0v) is 36.8. The molecular weight excluding hydrogens is 817 g/mol. The first kappa shape index (κ1) is 49.5. The summed E-state index contributed by atoms with van der Waals surface area (Å²) < 4.78 is 9.05. The number of carbonyl (C=O) groups is 4. The van der Waals surface area contributed by atoms with Crippen molar-refractivity contribution in [1.82, 2.24) is 51.0 Å². The van der Waals surface area contributed by atoms with Gasteiger partial charge in [0, 0.05) is 94.3 Å². The molecule has 4 N–H and O–H groups in total. The zero-order valence-electron chi connectivity index (χ0n) is 36.8. The van der Waals surface area contributed by atoms with E-state index in [4.69, 9.17) is 4.74 Å². The van der Waals surface area contributed by atoms with Crippen LogP contribution in [0.15, 0.2) is 108 Å². The van der Waals surface area contributed by atoms with Crippen LogP contribution in [0.25, 0.3) is 23.0 Å². The fraction of sp³-hybridized carbons (Fsp3) is 0.348. The van der Waals surface area contributed by atoms with Crippen molar-refractivity contribution in [3.8, 4) is 11.6 Å². The molecule has 18 nitrogen and oxygen atoms in total. The smallest absolute Gasteiger partial charge is 0.407 e. The van der Waals surface area contributed by atoms with Crippen LogP contribution in [0.1, 0.15) is 60.0 Å². The molecule has 0 bridgehead atoms. The maximum atomic E-state index is 13.7. The molecule has 4 heterocycles. The molecule has 2 aromatic heterocycles. The van der Waals surface area contributed by atoms with Gasteiger partial charge in [-0.05, 0) is 63.8 Å². The molecule has 338 valence electrons. The summed E-state index contributed by atoms with van der Waals surface area (Å²) >= 11 is 0. The normalized spacial score (nSPS) is 16.9. The number of likely N-dealkylation sites (N-methyl/N-ethyl adjacent to an activating group) is 1. The highest BCUT2D eigenvalue weighted by atomic mass is 16.5. The van der Waals surface area contributed by atoms with Crippen LogP contribution in [0.4, 0.5) is 4.79 Å². The first-order valence-corrected chi connectivity index (χ1v) is 20.7. The van der Waals surface area contributed by atoms with Gasteiger partial charge >= 0.3 is 6.09 Å². The number of aromatic nitrogens is 4. The molecule has 0 saturated carbocycles. The summed E-state index contributed by atoms with van der Waals surface area (Å²) in [6.45, 7) is 10.1. The summed E-state index contributed by atoms with van der Waals surface area (Å²) in [6, 6.07) is 17.2. The first-order valence-electron chi connectivity index (χ1n) is 20.7. The second-order valence-corrected chi connectivity index (χ2v) is 14.6. The Morgan fingerprint density at radius 3 is 1.70 bits per heavy atom. The third kappa shape index (κ3) is 14.7. The number of carbonyl (C=O) groups excluding carboxylic acids is 4. The highest BCUT2D eigenvalue weighted by molar-refractivity contribution is 5.87. The van der Waals surface area contributed by atoms with E-state index in [2.05, 4.69) is 81.3 Å². The van der Waals surface area contributed by atoms with E-state index < -0.39 is 18.2 Å². The van der Waals surface area contributed by atoms with Gasteiger partial charge in [-0.25, -0.2) is 24.7 Å². The highest BCUT2D eigenvalue weighted by Gasteiger charge is 2.35. The average molecular weight is 875 g/mol. The number of benzene rings is 2. The number of nitrogens with zero attached hydrogens (tertiary/aromatic N) is 8. The third-order valence-electron chi connectivity index (χ3n) is 10.3. The molecule has 4 aromatic rings. The van der Waals surface area contributed by atoms with E-state index in [0.29, 0.717) is 60.3 Å². The molecule has 0 aliphatic carbocycles. The quantitative estimate of drug-likeness (QED) is 0.0814. The molecule has 6 rings (SSSR count). The lowest BCUT2D eigenvalue weighted by molar-refractivity contribution is -0.134. The van der Waals surface area contributed by atoms with Crippen molar-refractivity contribution in [2.45, 2.75) is 49.9 Å². The van der Waals surface area contributed by atoms with Gasteiger partial charge in [-0.15, -0.1) is 0 Å². The van der Waals surface area contributed by atoms with E-state index in [1.165, 1.54) is 13.5 Å². The van der Waals surface area contributed by atoms with E-state index in [-0.39, 0.29) is 11.9 Å². The van der Waals surface area contributed by atoms with Gasteiger partial charge < -0.3 is 45.3 Å². The number of nitrogens with one attached hydrogen (secondary N) is 4. The SMILES string of the molecule is C=N/C=C(\NC[C@@H]1CCCN1C)c1cnc(-c2ncc(/C(=C/N=C)NC[C@@H]3CCCN3C(=O)[C@H](NC(=O)OC)c3ccccc3)cn2)nc1.COC.O=CN[C@@H](C=O)c1ccccc1. The van der Waals surface area contributed by atoms with Crippen molar-refractivity contribution in [1.29, 1.82) is 0 Å². The van der Waals surface area contributed by atoms with E-state index in [9.17, 15) is 19.2 Å². The van der Waals surface area contributed by atoms with E-state index in [0.717, 1.165) is 49.2 Å². The van der Waals surface area contributed by atoms with E-state index >= 15 is 0 Å². The van der Waals surface area contributed by atoms with Gasteiger partial charge in [0.15, 0.2) is 11.6 Å². The van der Waals surface area contributed by atoms with Gasteiger partial charge in [0.25, 0.3) is 0 Å². The van der Waals surface area contributed by atoms with Gasteiger partial charge in [0.1, 0.15) is 18.4 Å². The van der Waals surface area contributed by atoms with Crippen molar-refractivity contribution in [2.24, 2.45) is 9.98 Å². The second kappa shape index (κ2) is 27.0. The van der Waals surface area contributed by atoms with Crippen LogP contribution in [0.3, 0.4) is 0 Å². The molecule has 2 aliphatic rings. The van der Waals surface area contributed by atoms with E-state index in [1.54, 1.807) is 68.4 Å². The molecule has 0 radical (unpaired) electrons. The van der Waals surface area contributed by atoms with Crippen LogP contribution in [-0.2, 0) is 23.9 Å². The number of alkyl carbamates (subject to hydrolysis) is 1. The van der Waals surface area contributed by atoms with Crippen molar-refractivity contribution < 1.29 is 28.7 Å². The van der Waals surface area contributed by atoms with Crippen molar-refractivity contribution in [3.63, 3.8) is 0 Å². The highest BCUT2D eigenvalue weighted by Crippen LogP contribution is 2.25. The first-order chi connectivity index (χ1) is 31.2. The Morgan fingerprint density at radius 2 is 1.25 bits per heavy atom. The predicted octanol–water partition coefficient (Wildman–Crippen LogP) is 4.23. The largest absolute Gasteiger partial charge is 0.453 e. The number of amides is 3. The molecule has 18 heteroatoms. The molecule has 2 saturated heterocycles. The number of rotatable bonds is 18. The Kier molecular flexibility index (Phi) is 20.9. The number of aliphatic imine (C=N–C) groups is 2. The molecule has 2 fully saturated rings. The standard InChI is InChI=1S/C35H43N11O3.C9H9NO2.C2H6O/c1-36-22-29(38-20-27-12-8-14-45(27)3)25-16-40-32(41-17-25)33-42-18-26(19-43-33)30(23-37-2)39-21-28-13-9-15-46(28)34(47)31(44-35(48)49-4)24-10-6-5-7-11-24;11-6-9(10-7-12)8-4-2-1-3-5-8;1-3-2/h5-7,10-11,16-19,22-23,27-28,31,38-39H,1-2,8-9,12-15,20-21H2,3-4H3,(H,44,48);1-7,9H,(H,10,12);1-2H3/b29-22-,30-23-;;/t27-,28-,31+;9-;/m00./s1. The Morgan fingerprint density at radius 1 is 0.766 bits per heavy atom. The molecule has 0 spiro atoms. The van der Waals surface area contributed by atoms with Crippen LogP contribution in [0, 0.1) is 0 Å². The van der Waals surface area contributed by atoms with Gasteiger partial charge in [0.2, 0.25) is 12.3 Å². The third-order valence-corrected chi connectivity index (χ3v) is 10.3. The fourth-order valence-corrected chi connectivity index (χ4v) is 7.05. The van der Waals surface area contributed by atoms with Crippen LogP contribution >= 0.6 is 0 Å². The Hall–Kier alpha value is -7.18. The monoisotopic (exact) mass is 874 g/mol. The van der Waals surface area contributed by atoms with Crippen LogP contribution < -0.4 is 21.3 Å². The topological polar surface area (TPSA) is 218 Å². The number of hydrogen-bond acceptors (Lipinski definition) is 15. The second-order valence-electron chi connectivity index (χ2n) is 14.6. The maximum absolute atomic E-state index is 13.7. The zero-order chi connectivity index (χ0) is 46.1. The molecule has 2 aromatic carbocycles. The minimum Gasteiger partial charge on any atom is -0.453 e.